The van der Waals surface area contributed by atoms with E-state index in [4.69, 9.17) is 19.1 Å². The van der Waals surface area contributed by atoms with Gasteiger partial charge in [-0.25, -0.2) is 0 Å². The Labute approximate surface area is 200 Å². The van der Waals surface area contributed by atoms with Crippen molar-refractivity contribution in [2.75, 3.05) is 44.4 Å². The van der Waals surface area contributed by atoms with Crippen molar-refractivity contribution in [1.29, 1.82) is 0 Å². The molecule has 2 aliphatic heterocycles. The molecule has 1 atom stereocenters. The topological polar surface area (TPSA) is 110 Å². The van der Waals surface area contributed by atoms with E-state index in [0.717, 1.165) is 69.5 Å². The minimum Gasteiger partial charge on any atom is -0.494 e. The summed E-state index contributed by atoms with van der Waals surface area (Å²) in [4.78, 5) is 19.0. The summed E-state index contributed by atoms with van der Waals surface area (Å²) < 4.78 is 17.0. The monoisotopic (exact) mass is 472 g/mol. The molecule has 0 radical (unpaired) electrons. The molecule has 0 spiro atoms. The molecule has 1 aromatic heterocycles. The van der Waals surface area contributed by atoms with Crippen LogP contribution in [0.25, 0.3) is 0 Å². The highest BCUT2D eigenvalue weighted by Crippen LogP contribution is 2.30. The highest BCUT2D eigenvalue weighted by molar-refractivity contribution is 5.95. The highest BCUT2D eigenvalue weighted by atomic mass is 16.5. The molecule has 0 saturated carbocycles. The van der Waals surface area contributed by atoms with Gasteiger partial charge in [0.1, 0.15) is 11.9 Å². The van der Waals surface area contributed by atoms with Crippen molar-refractivity contribution in [3.05, 3.63) is 35.2 Å². The predicted molar refractivity (Wildman–Crippen MR) is 127 cm³/mol. The molecule has 4 rings (SSSR count). The predicted octanol–water partition coefficient (Wildman–Crippen LogP) is 3.42. The number of aryl methyl sites for hydroxylation is 1. The van der Waals surface area contributed by atoms with Gasteiger partial charge in [0.25, 0.3) is 17.7 Å². The van der Waals surface area contributed by atoms with Gasteiger partial charge < -0.3 is 29.3 Å². The number of aliphatic hydroxyl groups is 1. The SMILES string of the molecule is Cc1cc(OCCCC2CCN(c3noc(C4CCCO4)n3)CC2)ccc1C(=O)NCCCO. The van der Waals surface area contributed by atoms with Crippen LogP contribution in [-0.4, -0.2) is 60.6 Å². The number of anilines is 1. The molecule has 2 saturated heterocycles. The molecule has 186 valence electrons. The normalized spacial score (nSPS) is 18.9. The second-order valence-corrected chi connectivity index (χ2v) is 9.17. The number of ether oxygens (including phenoxy) is 2. The number of carbonyl (C=O) groups excluding carboxylic acids is 1. The number of hydrogen-bond acceptors (Lipinski definition) is 8. The van der Waals surface area contributed by atoms with E-state index >= 15 is 0 Å². The van der Waals surface area contributed by atoms with Crippen LogP contribution >= 0.6 is 0 Å². The summed E-state index contributed by atoms with van der Waals surface area (Å²) in [7, 11) is 0. The lowest BCUT2D eigenvalue weighted by Crippen LogP contribution is -2.34. The summed E-state index contributed by atoms with van der Waals surface area (Å²) in [6, 6.07) is 5.56. The fourth-order valence-corrected chi connectivity index (χ4v) is 4.60. The molecule has 2 aliphatic rings. The Morgan fingerprint density at radius 2 is 2.12 bits per heavy atom. The van der Waals surface area contributed by atoms with Crippen LogP contribution in [0, 0.1) is 12.8 Å². The molecule has 9 nitrogen and oxygen atoms in total. The van der Waals surface area contributed by atoms with E-state index in [0.29, 0.717) is 42.9 Å². The van der Waals surface area contributed by atoms with Crippen LogP contribution < -0.4 is 15.0 Å². The first-order valence-electron chi connectivity index (χ1n) is 12.5. The number of hydrogen-bond donors (Lipinski definition) is 2. The number of amides is 1. The lowest BCUT2D eigenvalue weighted by Gasteiger charge is -2.30. The van der Waals surface area contributed by atoms with Crippen molar-refractivity contribution in [3.63, 3.8) is 0 Å². The van der Waals surface area contributed by atoms with E-state index < -0.39 is 0 Å². The van der Waals surface area contributed by atoms with E-state index in [1.165, 1.54) is 0 Å². The summed E-state index contributed by atoms with van der Waals surface area (Å²) in [5.74, 6) is 2.65. The van der Waals surface area contributed by atoms with Crippen molar-refractivity contribution >= 4 is 11.9 Å². The van der Waals surface area contributed by atoms with Gasteiger partial charge >= 0.3 is 0 Å². The average molecular weight is 473 g/mol. The van der Waals surface area contributed by atoms with Crippen molar-refractivity contribution in [2.24, 2.45) is 5.92 Å². The number of benzene rings is 1. The third kappa shape index (κ3) is 6.48. The minimum absolute atomic E-state index is 0.0344. The maximum Gasteiger partial charge on any atom is 0.266 e. The summed E-state index contributed by atoms with van der Waals surface area (Å²) >= 11 is 0. The van der Waals surface area contributed by atoms with Crippen molar-refractivity contribution in [3.8, 4) is 5.75 Å². The largest absolute Gasteiger partial charge is 0.494 e. The number of aliphatic hydroxyl groups excluding tert-OH is 1. The molecule has 2 N–H and O–H groups in total. The van der Waals surface area contributed by atoms with Gasteiger partial charge in [-0.15, -0.1) is 0 Å². The Bertz CT molecular complexity index is 920. The number of nitrogens with one attached hydrogen (secondary N) is 1. The summed E-state index contributed by atoms with van der Waals surface area (Å²) in [5, 5.41) is 15.8. The van der Waals surface area contributed by atoms with Crippen molar-refractivity contribution in [2.45, 2.75) is 58.0 Å². The first-order valence-corrected chi connectivity index (χ1v) is 12.5. The van der Waals surface area contributed by atoms with E-state index in [9.17, 15) is 4.79 Å². The molecule has 9 heteroatoms. The second kappa shape index (κ2) is 12.2. The van der Waals surface area contributed by atoms with Crippen molar-refractivity contribution in [1.82, 2.24) is 15.5 Å². The molecule has 1 aromatic carbocycles. The maximum atomic E-state index is 12.2. The van der Waals surface area contributed by atoms with Crippen LogP contribution in [0.4, 0.5) is 5.95 Å². The number of piperidine rings is 1. The number of nitrogens with zero attached hydrogens (tertiary/aromatic N) is 3. The zero-order valence-electron chi connectivity index (χ0n) is 20.0. The van der Waals surface area contributed by atoms with Crippen LogP contribution in [0.2, 0.25) is 0 Å². The quantitative estimate of drug-likeness (QED) is 0.479. The molecule has 1 amide bonds. The van der Waals surface area contributed by atoms with Gasteiger partial charge in [0.2, 0.25) is 0 Å². The maximum absolute atomic E-state index is 12.2. The standard InChI is InChI=1S/C25H36N4O5/c1-18-17-20(7-8-21(18)23(31)26-11-4-14-30)32-15-2-5-19-9-12-29(13-10-19)25-27-24(34-28-25)22-6-3-16-33-22/h7-8,17,19,22,30H,2-6,9-16H2,1H3,(H,26,31). The lowest BCUT2D eigenvalue weighted by molar-refractivity contribution is 0.0835. The lowest BCUT2D eigenvalue weighted by atomic mass is 9.92. The summed E-state index contributed by atoms with van der Waals surface area (Å²) in [6.07, 6.45) is 6.88. The summed E-state index contributed by atoms with van der Waals surface area (Å²) in [6.45, 7) is 5.77. The molecule has 0 bridgehead atoms. The van der Waals surface area contributed by atoms with E-state index in [-0.39, 0.29) is 18.6 Å². The first-order chi connectivity index (χ1) is 16.6. The Kier molecular flexibility index (Phi) is 8.76. The van der Waals surface area contributed by atoms with Crippen LogP contribution in [-0.2, 0) is 4.74 Å². The highest BCUT2D eigenvalue weighted by Gasteiger charge is 2.27. The van der Waals surface area contributed by atoms with Crippen LogP contribution in [0.1, 0.15) is 72.9 Å². The Morgan fingerprint density at radius 1 is 1.26 bits per heavy atom. The van der Waals surface area contributed by atoms with Crippen LogP contribution in [0.3, 0.4) is 0 Å². The Balaban J connectivity index is 1.14. The summed E-state index contributed by atoms with van der Waals surface area (Å²) in [5.41, 5.74) is 1.53. The van der Waals surface area contributed by atoms with Crippen LogP contribution in [0.15, 0.2) is 22.7 Å². The average Bonchev–Trinajstić information content (AvgIpc) is 3.55. The van der Waals surface area contributed by atoms with E-state index in [1.54, 1.807) is 6.07 Å². The first kappa shape index (κ1) is 24.5. The third-order valence-electron chi connectivity index (χ3n) is 6.62. The Morgan fingerprint density at radius 3 is 2.85 bits per heavy atom. The van der Waals surface area contributed by atoms with Gasteiger partial charge in [0.15, 0.2) is 0 Å². The van der Waals surface area contributed by atoms with Gasteiger partial charge in [0.05, 0.1) is 6.61 Å². The second-order valence-electron chi connectivity index (χ2n) is 9.17. The van der Waals surface area contributed by atoms with Crippen molar-refractivity contribution < 1.29 is 23.9 Å². The van der Waals surface area contributed by atoms with Gasteiger partial charge in [0, 0.05) is 38.4 Å². The number of aromatic nitrogens is 2. The zero-order valence-corrected chi connectivity index (χ0v) is 20.0. The molecular weight excluding hydrogens is 436 g/mol. The van der Waals surface area contributed by atoms with E-state index in [1.807, 2.05) is 19.1 Å². The smallest absolute Gasteiger partial charge is 0.266 e. The molecule has 0 aliphatic carbocycles. The fraction of sp³-hybridized carbons (Fsp3) is 0.640. The van der Waals surface area contributed by atoms with Gasteiger partial charge in [-0.3, -0.25) is 4.79 Å². The van der Waals surface area contributed by atoms with Crippen LogP contribution in [0.5, 0.6) is 5.75 Å². The molecular formula is C25H36N4O5. The number of carbonyl (C=O) groups is 1. The molecule has 2 aromatic rings. The molecule has 1 unspecified atom stereocenters. The molecule has 3 heterocycles. The Hall–Kier alpha value is -2.65. The van der Waals surface area contributed by atoms with Gasteiger partial charge in [-0.1, -0.05) is 0 Å². The number of rotatable bonds is 11. The van der Waals surface area contributed by atoms with E-state index in [2.05, 4.69) is 20.4 Å². The van der Waals surface area contributed by atoms with Gasteiger partial charge in [-0.2, -0.15) is 4.98 Å². The zero-order chi connectivity index (χ0) is 23.8. The molecule has 2 fully saturated rings. The fourth-order valence-electron chi connectivity index (χ4n) is 4.60. The van der Waals surface area contributed by atoms with Gasteiger partial charge in [-0.05, 0) is 86.7 Å². The molecule has 34 heavy (non-hydrogen) atoms. The minimum atomic E-state index is -0.118. The third-order valence-corrected chi connectivity index (χ3v) is 6.62.